The first-order chi connectivity index (χ1) is 10.6. The van der Waals surface area contributed by atoms with Crippen LogP contribution in [0.4, 0.5) is 11.5 Å². The number of amides is 1. The topological polar surface area (TPSA) is 76.1 Å². The van der Waals surface area contributed by atoms with E-state index in [4.69, 9.17) is 4.74 Å². The van der Waals surface area contributed by atoms with Crippen LogP contribution in [0, 0.1) is 13.8 Å². The molecule has 2 N–H and O–H groups in total. The molecular formula is C16H20N4O2. The van der Waals surface area contributed by atoms with Crippen LogP contribution in [-0.2, 0) is 4.79 Å². The minimum absolute atomic E-state index is 0.121. The Hall–Kier alpha value is -2.63. The van der Waals surface area contributed by atoms with Crippen molar-refractivity contribution in [2.75, 3.05) is 23.8 Å². The number of hydrogen-bond acceptors (Lipinski definition) is 5. The lowest BCUT2D eigenvalue weighted by Crippen LogP contribution is -2.23. The number of rotatable bonds is 6. The molecule has 1 amide bonds. The second kappa shape index (κ2) is 7.40. The van der Waals surface area contributed by atoms with Crippen molar-refractivity contribution in [1.82, 2.24) is 9.97 Å². The fourth-order valence-electron chi connectivity index (χ4n) is 2.03. The summed E-state index contributed by atoms with van der Waals surface area (Å²) >= 11 is 0. The minimum Gasteiger partial charge on any atom is -0.478 e. The van der Waals surface area contributed by atoms with Gasteiger partial charge in [0.05, 0.1) is 13.2 Å². The number of hydrogen-bond donors (Lipinski definition) is 2. The van der Waals surface area contributed by atoms with Gasteiger partial charge in [-0.3, -0.25) is 4.79 Å². The monoisotopic (exact) mass is 300 g/mol. The number of carbonyl (C=O) groups is 1. The highest BCUT2D eigenvalue weighted by Crippen LogP contribution is 2.19. The average molecular weight is 300 g/mol. The van der Waals surface area contributed by atoms with Crippen LogP contribution >= 0.6 is 0 Å². The lowest BCUT2D eigenvalue weighted by molar-refractivity contribution is -0.114. The lowest BCUT2D eigenvalue weighted by atomic mass is 10.1. The predicted molar refractivity (Wildman–Crippen MR) is 86.2 cm³/mol. The van der Waals surface area contributed by atoms with Gasteiger partial charge in [-0.05, 0) is 31.9 Å². The highest BCUT2D eigenvalue weighted by atomic mass is 16.5. The molecule has 0 radical (unpaired) electrons. The van der Waals surface area contributed by atoms with E-state index >= 15 is 0 Å². The van der Waals surface area contributed by atoms with E-state index in [0.717, 1.165) is 16.8 Å². The largest absolute Gasteiger partial charge is 0.478 e. The summed E-state index contributed by atoms with van der Waals surface area (Å²) in [7, 11) is 0. The minimum atomic E-state index is -0.131. The number of aromatic nitrogens is 2. The first-order valence-corrected chi connectivity index (χ1v) is 7.15. The Morgan fingerprint density at radius 1 is 1.23 bits per heavy atom. The van der Waals surface area contributed by atoms with E-state index in [1.54, 1.807) is 6.07 Å². The summed E-state index contributed by atoms with van der Waals surface area (Å²) in [6.07, 6.45) is 1.40. The molecule has 0 aliphatic heterocycles. The molecule has 2 rings (SSSR count). The Balaban J connectivity index is 1.94. The van der Waals surface area contributed by atoms with Gasteiger partial charge in [-0.25, -0.2) is 9.97 Å². The smallest absolute Gasteiger partial charge is 0.243 e. The fourth-order valence-corrected chi connectivity index (χ4v) is 2.03. The number of benzene rings is 1. The Morgan fingerprint density at radius 2 is 1.95 bits per heavy atom. The predicted octanol–water partition coefficient (Wildman–Crippen LogP) is 2.54. The van der Waals surface area contributed by atoms with Gasteiger partial charge in [0, 0.05) is 11.8 Å². The van der Waals surface area contributed by atoms with Crippen LogP contribution in [0.5, 0.6) is 5.88 Å². The number of nitrogens with one attached hydrogen (secondary N) is 2. The van der Waals surface area contributed by atoms with Crippen molar-refractivity contribution in [3.8, 4) is 5.88 Å². The van der Waals surface area contributed by atoms with Gasteiger partial charge in [0.15, 0.2) is 0 Å². The van der Waals surface area contributed by atoms with E-state index in [1.165, 1.54) is 6.33 Å². The first-order valence-electron chi connectivity index (χ1n) is 7.15. The third-order valence-corrected chi connectivity index (χ3v) is 3.11. The molecule has 0 bridgehead atoms. The normalized spacial score (nSPS) is 10.1. The van der Waals surface area contributed by atoms with E-state index in [1.807, 2.05) is 39.0 Å². The number of aryl methyl sites for hydroxylation is 2. The molecule has 6 nitrogen and oxygen atoms in total. The number of nitrogens with zero attached hydrogens (tertiary/aromatic N) is 2. The van der Waals surface area contributed by atoms with Gasteiger partial charge >= 0.3 is 0 Å². The van der Waals surface area contributed by atoms with Crippen LogP contribution < -0.4 is 15.4 Å². The van der Waals surface area contributed by atoms with E-state index in [2.05, 4.69) is 20.6 Å². The van der Waals surface area contributed by atoms with Crippen LogP contribution in [0.3, 0.4) is 0 Å². The van der Waals surface area contributed by atoms with E-state index in [9.17, 15) is 4.79 Å². The molecule has 1 aromatic heterocycles. The first kappa shape index (κ1) is 15.8. The molecule has 116 valence electrons. The summed E-state index contributed by atoms with van der Waals surface area (Å²) < 4.78 is 5.29. The van der Waals surface area contributed by atoms with Gasteiger partial charge in [0.2, 0.25) is 11.8 Å². The molecule has 0 aliphatic rings. The second-order valence-electron chi connectivity index (χ2n) is 4.84. The summed E-state index contributed by atoms with van der Waals surface area (Å²) in [6, 6.07) is 7.56. The summed E-state index contributed by atoms with van der Waals surface area (Å²) in [5.74, 6) is 0.902. The van der Waals surface area contributed by atoms with Crippen LogP contribution in [-0.4, -0.2) is 29.0 Å². The number of carbonyl (C=O) groups excluding carboxylic acids is 1. The molecule has 0 fully saturated rings. The number of ether oxygens (including phenoxy) is 1. The van der Waals surface area contributed by atoms with Crippen molar-refractivity contribution in [2.24, 2.45) is 0 Å². The van der Waals surface area contributed by atoms with Crippen molar-refractivity contribution in [2.45, 2.75) is 20.8 Å². The maximum Gasteiger partial charge on any atom is 0.243 e. The summed E-state index contributed by atoms with van der Waals surface area (Å²) in [6.45, 7) is 6.47. The fraction of sp³-hybridized carbons (Fsp3) is 0.312. The van der Waals surface area contributed by atoms with Gasteiger partial charge in [-0.1, -0.05) is 18.2 Å². The molecule has 0 atom stereocenters. The van der Waals surface area contributed by atoms with E-state index in [-0.39, 0.29) is 12.5 Å². The molecule has 1 aromatic carbocycles. The summed E-state index contributed by atoms with van der Waals surface area (Å²) in [4.78, 5) is 20.1. The molecule has 0 saturated carbocycles. The third-order valence-electron chi connectivity index (χ3n) is 3.11. The maximum absolute atomic E-state index is 12.1. The van der Waals surface area contributed by atoms with Crippen LogP contribution in [0.15, 0.2) is 30.6 Å². The molecule has 1 heterocycles. The average Bonchev–Trinajstić information content (AvgIpc) is 2.50. The van der Waals surface area contributed by atoms with Crippen molar-refractivity contribution in [1.29, 1.82) is 0 Å². The van der Waals surface area contributed by atoms with Gasteiger partial charge in [0.1, 0.15) is 12.1 Å². The molecule has 22 heavy (non-hydrogen) atoms. The second-order valence-corrected chi connectivity index (χ2v) is 4.84. The Morgan fingerprint density at radius 3 is 2.64 bits per heavy atom. The zero-order valence-corrected chi connectivity index (χ0v) is 13.0. The van der Waals surface area contributed by atoms with Crippen molar-refractivity contribution in [3.63, 3.8) is 0 Å². The lowest BCUT2D eigenvalue weighted by Gasteiger charge is -2.12. The Bertz CT molecular complexity index is 638. The highest BCUT2D eigenvalue weighted by molar-refractivity contribution is 5.95. The zero-order chi connectivity index (χ0) is 15.9. The molecule has 0 unspecified atom stereocenters. The molecule has 0 spiro atoms. The molecule has 2 aromatic rings. The highest BCUT2D eigenvalue weighted by Gasteiger charge is 2.07. The van der Waals surface area contributed by atoms with Gasteiger partial charge < -0.3 is 15.4 Å². The Kier molecular flexibility index (Phi) is 5.30. The summed E-state index contributed by atoms with van der Waals surface area (Å²) in [5, 5.41) is 5.87. The van der Waals surface area contributed by atoms with Crippen LogP contribution in [0.2, 0.25) is 0 Å². The quantitative estimate of drug-likeness (QED) is 0.857. The molecular weight excluding hydrogens is 280 g/mol. The SMILES string of the molecule is CCOc1cc(NCC(=O)Nc2c(C)cccc2C)ncn1. The van der Waals surface area contributed by atoms with Crippen molar-refractivity contribution < 1.29 is 9.53 Å². The Labute approximate surface area is 129 Å². The van der Waals surface area contributed by atoms with Gasteiger partial charge in [-0.2, -0.15) is 0 Å². The molecule has 6 heteroatoms. The van der Waals surface area contributed by atoms with Crippen molar-refractivity contribution >= 4 is 17.4 Å². The number of para-hydroxylation sites is 1. The van der Waals surface area contributed by atoms with E-state index in [0.29, 0.717) is 18.3 Å². The zero-order valence-electron chi connectivity index (χ0n) is 13.0. The maximum atomic E-state index is 12.1. The van der Waals surface area contributed by atoms with Crippen LogP contribution in [0.25, 0.3) is 0 Å². The molecule has 0 saturated heterocycles. The van der Waals surface area contributed by atoms with Gasteiger partial charge in [-0.15, -0.1) is 0 Å². The van der Waals surface area contributed by atoms with Crippen LogP contribution in [0.1, 0.15) is 18.1 Å². The van der Waals surface area contributed by atoms with Gasteiger partial charge in [0.25, 0.3) is 0 Å². The summed E-state index contributed by atoms with van der Waals surface area (Å²) in [5.41, 5.74) is 2.93. The van der Waals surface area contributed by atoms with Crippen molar-refractivity contribution in [3.05, 3.63) is 41.7 Å². The van der Waals surface area contributed by atoms with E-state index < -0.39 is 0 Å². The number of anilines is 2. The molecule has 0 aliphatic carbocycles. The standard InChI is InChI=1S/C16H20N4O2/c1-4-22-15-8-13(18-10-19-15)17-9-14(21)20-16-11(2)6-5-7-12(16)3/h5-8,10H,4,9H2,1-3H3,(H,20,21)(H,17,18,19). The third kappa shape index (κ3) is 4.18.